The zero-order valence-electron chi connectivity index (χ0n) is 19.9. The van der Waals surface area contributed by atoms with E-state index < -0.39 is 12.3 Å². The van der Waals surface area contributed by atoms with Crippen molar-refractivity contribution in [3.05, 3.63) is 95.6 Å². The predicted octanol–water partition coefficient (Wildman–Crippen LogP) is 6.30. The molecule has 1 N–H and O–H groups in total. The summed E-state index contributed by atoms with van der Waals surface area (Å²) >= 11 is 0. The number of carboxylic acid groups (broad SMARTS) is 1. The van der Waals surface area contributed by atoms with Gasteiger partial charge in [0, 0.05) is 36.0 Å². The van der Waals surface area contributed by atoms with Crippen LogP contribution in [0.5, 0.6) is 17.2 Å². The van der Waals surface area contributed by atoms with Crippen LogP contribution in [0.15, 0.2) is 78.9 Å². The van der Waals surface area contributed by atoms with Gasteiger partial charge in [0.05, 0.1) is 17.9 Å². The number of hydrogen-bond donors (Lipinski definition) is 1. The summed E-state index contributed by atoms with van der Waals surface area (Å²) in [5.74, 6) is 0.904. The van der Waals surface area contributed by atoms with E-state index in [0.29, 0.717) is 29.0 Å². The maximum atomic E-state index is 13.2. The highest BCUT2D eigenvalue weighted by Gasteiger charge is 2.27. The van der Waals surface area contributed by atoms with E-state index in [1.807, 2.05) is 42.5 Å². The second kappa shape index (κ2) is 9.91. The van der Waals surface area contributed by atoms with Gasteiger partial charge in [0.15, 0.2) is 0 Å². The number of rotatable bonds is 5. The van der Waals surface area contributed by atoms with Gasteiger partial charge in [-0.1, -0.05) is 36.4 Å². The summed E-state index contributed by atoms with van der Waals surface area (Å²) in [7, 11) is 1.74. The summed E-state index contributed by atoms with van der Waals surface area (Å²) in [6.45, 7) is 0.275. The highest BCUT2D eigenvalue weighted by Crippen LogP contribution is 2.40. The maximum Gasteiger partial charge on any atom is 0.506 e. The van der Waals surface area contributed by atoms with Crippen LogP contribution in [0.2, 0.25) is 0 Å². The summed E-state index contributed by atoms with van der Waals surface area (Å²) in [4.78, 5) is 25.8. The number of amides is 1. The first-order chi connectivity index (χ1) is 17.9. The van der Waals surface area contributed by atoms with Gasteiger partial charge in [-0.2, -0.15) is 5.26 Å². The Morgan fingerprint density at radius 2 is 1.81 bits per heavy atom. The Labute approximate surface area is 212 Å². The van der Waals surface area contributed by atoms with E-state index >= 15 is 0 Å². The van der Waals surface area contributed by atoms with Gasteiger partial charge >= 0.3 is 6.16 Å². The van der Waals surface area contributed by atoms with E-state index in [-0.39, 0.29) is 23.8 Å². The fourth-order valence-electron chi connectivity index (χ4n) is 4.40. The molecule has 4 aromatic rings. The van der Waals surface area contributed by atoms with Crippen molar-refractivity contribution in [2.45, 2.75) is 12.5 Å². The molecule has 8 nitrogen and oxygen atoms in total. The third kappa shape index (κ3) is 4.75. The number of nitrogens with zero attached hydrogens (tertiary/aromatic N) is 2. The summed E-state index contributed by atoms with van der Waals surface area (Å²) < 4.78 is 16.5. The van der Waals surface area contributed by atoms with Crippen LogP contribution in [0.1, 0.15) is 34.0 Å². The smallest absolute Gasteiger partial charge is 0.493 e. The number of anilines is 1. The standard InChI is InChI=1S/C29H22N2O6/c1-31(24-8-4-6-18-5-2-3-7-22(18)24)28(32)19-9-11-21(12-10-19)36-26-16-27-23(15-20(26)17-30)25(13-14-35-27)37-29(33)34/h2-12,15-16,25H,13-14H2,1H3,(H,33,34). The lowest BCUT2D eigenvalue weighted by molar-refractivity contribution is 0.0326. The van der Waals surface area contributed by atoms with Crippen LogP contribution in [0.3, 0.4) is 0 Å². The highest BCUT2D eigenvalue weighted by atomic mass is 16.7. The van der Waals surface area contributed by atoms with Crippen molar-refractivity contribution < 1.29 is 28.9 Å². The molecule has 0 saturated carbocycles. The molecule has 37 heavy (non-hydrogen) atoms. The predicted molar refractivity (Wildman–Crippen MR) is 136 cm³/mol. The van der Waals surface area contributed by atoms with Gasteiger partial charge in [-0.25, -0.2) is 4.79 Å². The minimum absolute atomic E-state index is 0.174. The molecule has 184 valence electrons. The number of carbonyl (C=O) groups is 2. The van der Waals surface area contributed by atoms with Gasteiger partial charge < -0.3 is 24.2 Å². The van der Waals surface area contributed by atoms with Gasteiger partial charge in [0.1, 0.15) is 29.4 Å². The van der Waals surface area contributed by atoms with Gasteiger partial charge in [-0.15, -0.1) is 0 Å². The summed E-state index contributed by atoms with van der Waals surface area (Å²) in [6.07, 6.45) is -1.75. The average Bonchev–Trinajstić information content (AvgIpc) is 2.92. The molecule has 1 atom stereocenters. The van der Waals surface area contributed by atoms with E-state index in [0.717, 1.165) is 16.5 Å². The third-order valence-electron chi connectivity index (χ3n) is 6.22. The zero-order chi connectivity index (χ0) is 25.9. The molecule has 5 rings (SSSR count). The number of carbonyl (C=O) groups excluding carboxylic acids is 1. The van der Waals surface area contributed by atoms with Crippen LogP contribution in [-0.4, -0.2) is 30.8 Å². The lowest BCUT2D eigenvalue weighted by Gasteiger charge is -2.25. The van der Waals surface area contributed by atoms with Crippen molar-refractivity contribution in [2.75, 3.05) is 18.6 Å². The van der Waals surface area contributed by atoms with E-state index in [1.54, 1.807) is 42.3 Å². The zero-order valence-corrected chi connectivity index (χ0v) is 19.9. The lowest BCUT2D eigenvalue weighted by atomic mass is 10.00. The van der Waals surface area contributed by atoms with Crippen molar-refractivity contribution >= 4 is 28.5 Å². The largest absolute Gasteiger partial charge is 0.506 e. The normalized spacial score (nSPS) is 14.1. The fraction of sp³-hybridized carbons (Fsp3) is 0.138. The second-order valence-electron chi connectivity index (χ2n) is 8.50. The van der Waals surface area contributed by atoms with Crippen molar-refractivity contribution in [1.29, 1.82) is 5.26 Å². The van der Waals surface area contributed by atoms with Crippen molar-refractivity contribution in [2.24, 2.45) is 0 Å². The van der Waals surface area contributed by atoms with Crippen LogP contribution in [0.4, 0.5) is 10.5 Å². The molecule has 8 heteroatoms. The molecule has 0 radical (unpaired) electrons. The minimum Gasteiger partial charge on any atom is -0.493 e. The molecule has 0 aromatic heterocycles. The van der Waals surface area contributed by atoms with Crippen LogP contribution in [0.25, 0.3) is 10.8 Å². The Hall–Kier alpha value is -5.03. The molecule has 1 heterocycles. The van der Waals surface area contributed by atoms with Crippen LogP contribution >= 0.6 is 0 Å². The number of nitriles is 1. The fourth-order valence-corrected chi connectivity index (χ4v) is 4.40. The molecule has 0 aliphatic carbocycles. The Morgan fingerprint density at radius 3 is 2.57 bits per heavy atom. The molecule has 1 aliphatic heterocycles. The maximum absolute atomic E-state index is 13.2. The van der Waals surface area contributed by atoms with Crippen molar-refractivity contribution in [1.82, 2.24) is 0 Å². The van der Waals surface area contributed by atoms with Gasteiger partial charge in [-0.05, 0) is 41.8 Å². The second-order valence-corrected chi connectivity index (χ2v) is 8.50. The Bertz CT molecular complexity index is 1540. The molecule has 4 aromatic carbocycles. The number of benzene rings is 4. The van der Waals surface area contributed by atoms with Crippen molar-refractivity contribution in [3.63, 3.8) is 0 Å². The van der Waals surface area contributed by atoms with Gasteiger partial charge in [-0.3, -0.25) is 4.79 Å². The van der Waals surface area contributed by atoms with Gasteiger partial charge in [0.2, 0.25) is 0 Å². The first-order valence-corrected chi connectivity index (χ1v) is 11.6. The highest BCUT2D eigenvalue weighted by molar-refractivity contribution is 6.10. The molecule has 0 saturated heterocycles. The summed E-state index contributed by atoms with van der Waals surface area (Å²) in [5, 5.41) is 20.7. The van der Waals surface area contributed by atoms with Crippen LogP contribution in [-0.2, 0) is 4.74 Å². The van der Waals surface area contributed by atoms with Gasteiger partial charge in [0.25, 0.3) is 5.91 Å². The molecule has 0 bridgehead atoms. The van der Waals surface area contributed by atoms with Crippen LogP contribution in [0, 0.1) is 11.3 Å². The molecule has 0 spiro atoms. The first-order valence-electron chi connectivity index (χ1n) is 11.6. The number of ether oxygens (including phenoxy) is 3. The monoisotopic (exact) mass is 494 g/mol. The number of fused-ring (bicyclic) bond motifs is 2. The summed E-state index contributed by atoms with van der Waals surface area (Å²) in [6, 6.07) is 25.5. The van der Waals surface area contributed by atoms with E-state index in [2.05, 4.69) is 6.07 Å². The molecule has 0 fully saturated rings. The van der Waals surface area contributed by atoms with E-state index in [4.69, 9.17) is 19.3 Å². The van der Waals surface area contributed by atoms with Crippen LogP contribution < -0.4 is 14.4 Å². The van der Waals surface area contributed by atoms with Crippen molar-refractivity contribution in [3.8, 4) is 23.3 Å². The Morgan fingerprint density at radius 1 is 1.05 bits per heavy atom. The molecular formula is C29H22N2O6. The SMILES string of the molecule is CN(C(=O)c1ccc(Oc2cc3c(cc2C#N)C(OC(=O)O)CCO3)cc1)c1cccc2ccccc12. The number of hydrogen-bond acceptors (Lipinski definition) is 6. The Balaban J connectivity index is 1.37. The third-order valence-corrected chi connectivity index (χ3v) is 6.22. The average molecular weight is 495 g/mol. The molecule has 1 amide bonds. The molecular weight excluding hydrogens is 472 g/mol. The minimum atomic E-state index is -1.39. The Kier molecular flexibility index (Phi) is 6.35. The topological polar surface area (TPSA) is 109 Å². The summed E-state index contributed by atoms with van der Waals surface area (Å²) in [5.41, 5.74) is 1.97. The molecule has 1 aliphatic rings. The van der Waals surface area contributed by atoms with E-state index in [1.165, 1.54) is 6.07 Å². The molecule has 1 unspecified atom stereocenters. The quantitative estimate of drug-likeness (QED) is 0.324. The van der Waals surface area contributed by atoms with E-state index in [9.17, 15) is 14.9 Å². The first kappa shape index (κ1) is 23.7. The lowest BCUT2D eigenvalue weighted by Crippen LogP contribution is -2.26.